The van der Waals surface area contributed by atoms with Gasteiger partial charge >= 0.3 is 0 Å². The largest absolute Gasteiger partial charge is 0.484 e. The third-order valence-corrected chi connectivity index (χ3v) is 5.08. The molecule has 0 aliphatic rings. The predicted octanol–water partition coefficient (Wildman–Crippen LogP) is 4.04. The molecule has 3 amide bonds. The van der Waals surface area contributed by atoms with Gasteiger partial charge in [-0.15, -0.1) is 0 Å². The van der Waals surface area contributed by atoms with Crippen LogP contribution in [0.5, 0.6) is 5.75 Å². The van der Waals surface area contributed by atoms with Crippen LogP contribution in [0.1, 0.15) is 39.2 Å². The highest BCUT2D eigenvalue weighted by Crippen LogP contribution is 2.19. The van der Waals surface area contributed by atoms with E-state index < -0.39 is 5.82 Å². The molecule has 0 aliphatic carbocycles. The summed E-state index contributed by atoms with van der Waals surface area (Å²) in [5, 5.41) is 5.68. The van der Waals surface area contributed by atoms with Crippen LogP contribution >= 0.6 is 0 Å². The van der Waals surface area contributed by atoms with Crippen LogP contribution in [-0.4, -0.2) is 43.3 Å². The smallest absolute Gasteiger partial charge is 0.259 e. The van der Waals surface area contributed by atoms with E-state index in [1.54, 1.807) is 62.6 Å². The second-order valence-corrected chi connectivity index (χ2v) is 7.88. The van der Waals surface area contributed by atoms with Gasteiger partial charge in [-0.3, -0.25) is 14.4 Å². The summed E-state index contributed by atoms with van der Waals surface area (Å²) in [5.41, 5.74) is 2.18. The van der Waals surface area contributed by atoms with Crippen molar-refractivity contribution < 1.29 is 23.5 Å². The molecule has 8 heteroatoms. The average molecular weight is 464 g/mol. The number of amides is 3. The summed E-state index contributed by atoms with van der Waals surface area (Å²) in [4.78, 5) is 38.1. The number of carbonyl (C=O) groups excluding carboxylic acids is 3. The minimum atomic E-state index is -0.407. The van der Waals surface area contributed by atoms with Gasteiger partial charge in [0.2, 0.25) is 0 Å². The molecule has 0 aliphatic heterocycles. The number of carbonyl (C=O) groups is 3. The number of nitrogens with zero attached hydrogens (tertiary/aromatic N) is 1. The fourth-order valence-electron chi connectivity index (χ4n) is 3.02. The van der Waals surface area contributed by atoms with Crippen molar-refractivity contribution in [3.05, 3.63) is 95.3 Å². The second kappa shape index (κ2) is 11.1. The molecule has 3 rings (SSSR count). The number of likely N-dealkylation sites (N-methyl/N-ethyl adjacent to an activating group) is 1. The Bertz CT molecular complexity index is 1160. The molecule has 3 aromatic rings. The van der Waals surface area contributed by atoms with Crippen LogP contribution in [0.15, 0.2) is 72.8 Å². The van der Waals surface area contributed by atoms with Gasteiger partial charge in [0, 0.05) is 30.9 Å². The number of benzene rings is 3. The Morgan fingerprint density at radius 2 is 1.59 bits per heavy atom. The Kier molecular flexibility index (Phi) is 7.97. The van der Waals surface area contributed by atoms with Crippen molar-refractivity contribution in [1.82, 2.24) is 10.2 Å². The SMILES string of the molecule is CC(NC(=O)c1cccc(OCC(=O)N(C)C)c1)c1ccc(NC(=O)c2ccc(F)cc2)cc1. The van der Waals surface area contributed by atoms with Gasteiger partial charge in [0.25, 0.3) is 17.7 Å². The number of nitrogens with one attached hydrogen (secondary N) is 2. The molecular formula is C26H26FN3O4. The molecule has 34 heavy (non-hydrogen) atoms. The third-order valence-electron chi connectivity index (χ3n) is 5.08. The molecule has 1 unspecified atom stereocenters. The summed E-state index contributed by atoms with van der Waals surface area (Å²) in [6.07, 6.45) is 0. The number of rotatable bonds is 8. The lowest BCUT2D eigenvalue weighted by molar-refractivity contribution is -0.130. The lowest BCUT2D eigenvalue weighted by Crippen LogP contribution is -2.28. The van der Waals surface area contributed by atoms with E-state index >= 15 is 0 Å². The van der Waals surface area contributed by atoms with Gasteiger partial charge in [0.15, 0.2) is 6.61 Å². The van der Waals surface area contributed by atoms with E-state index in [9.17, 15) is 18.8 Å². The quantitative estimate of drug-likeness (QED) is 0.528. The van der Waals surface area contributed by atoms with Gasteiger partial charge in [-0.1, -0.05) is 18.2 Å². The van der Waals surface area contributed by atoms with Gasteiger partial charge in [-0.2, -0.15) is 0 Å². The second-order valence-electron chi connectivity index (χ2n) is 7.88. The Balaban J connectivity index is 1.58. The Hall–Kier alpha value is -4.20. The van der Waals surface area contributed by atoms with Crippen molar-refractivity contribution in [1.29, 1.82) is 0 Å². The highest BCUT2D eigenvalue weighted by atomic mass is 19.1. The van der Waals surface area contributed by atoms with E-state index in [-0.39, 0.29) is 30.4 Å². The molecule has 7 nitrogen and oxygen atoms in total. The first-order valence-electron chi connectivity index (χ1n) is 10.6. The maximum absolute atomic E-state index is 13.0. The van der Waals surface area contributed by atoms with Crippen molar-refractivity contribution in [2.24, 2.45) is 0 Å². The van der Waals surface area contributed by atoms with E-state index in [0.717, 1.165) is 5.56 Å². The first kappa shape index (κ1) is 24.4. The third kappa shape index (κ3) is 6.65. The molecule has 2 N–H and O–H groups in total. The molecule has 3 aromatic carbocycles. The van der Waals surface area contributed by atoms with E-state index in [4.69, 9.17) is 4.74 Å². The average Bonchev–Trinajstić information content (AvgIpc) is 2.83. The van der Waals surface area contributed by atoms with Crippen LogP contribution in [0, 0.1) is 5.82 Å². The number of anilines is 1. The van der Waals surface area contributed by atoms with Crippen LogP contribution in [0.4, 0.5) is 10.1 Å². The van der Waals surface area contributed by atoms with Crippen molar-refractivity contribution in [3.8, 4) is 5.75 Å². The van der Waals surface area contributed by atoms with Crippen molar-refractivity contribution in [2.75, 3.05) is 26.0 Å². The van der Waals surface area contributed by atoms with Gasteiger partial charge in [0.05, 0.1) is 6.04 Å². The number of hydrogen-bond donors (Lipinski definition) is 2. The molecule has 0 saturated heterocycles. The molecule has 0 heterocycles. The van der Waals surface area contributed by atoms with E-state index in [1.165, 1.54) is 29.2 Å². The summed E-state index contributed by atoms with van der Waals surface area (Å²) >= 11 is 0. The Labute approximate surface area is 197 Å². The minimum absolute atomic E-state index is 0.113. The molecule has 1 atom stereocenters. The molecule has 0 bridgehead atoms. The molecule has 176 valence electrons. The van der Waals surface area contributed by atoms with Crippen LogP contribution in [0.25, 0.3) is 0 Å². The summed E-state index contributed by atoms with van der Waals surface area (Å²) in [6.45, 7) is 1.73. The summed E-state index contributed by atoms with van der Waals surface area (Å²) in [5.74, 6) is -0.790. The summed E-state index contributed by atoms with van der Waals surface area (Å²) < 4.78 is 18.5. The summed E-state index contributed by atoms with van der Waals surface area (Å²) in [6, 6.07) is 18.7. The van der Waals surface area contributed by atoms with E-state index in [2.05, 4.69) is 10.6 Å². The molecule has 0 radical (unpaired) electrons. The number of ether oxygens (including phenoxy) is 1. The van der Waals surface area contributed by atoms with E-state index in [0.29, 0.717) is 22.6 Å². The predicted molar refractivity (Wildman–Crippen MR) is 127 cm³/mol. The molecule has 0 fully saturated rings. The fraction of sp³-hybridized carbons (Fsp3) is 0.192. The Morgan fingerprint density at radius 1 is 0.912 bits per heavy atom. The zero-order valence-corrected chi connectivity index (χ0v) is 19.2. The van der Waals surface area contributed by atoms with Gasteiger partial charge < -0.3 is 20.3 Å². The van der Waals surface area contributed by atoms with Crippen molar-refractivity contribution >= 4 is 23.4 Å². The monoisotopic (exact) mass is 463 g/mol. The topological polar surface area (TPSA) is 87.7 Å². The van der Waals surface area contributed by atoms with Crippen LogP contribution in [-0.2, 0) is 4.79 Å². The first-order valence-corrected chi connectivity index (χ1v) is 10.6. The standard InChI is InChI=1S/C26H26FN3O4/c1-17(28-26(33)20-5-4-6-23(15-20)34-16-24(31)30(2)3)18-9-13-22(14-10-18)29-25(32)19-7-11-21(27)12-8-19/h4-15,17H,16H2,1-3H3,(H,28,33)(H,29,32). The van der Waals surface area contributed by atoms with E-state index in [1.807, 2.05) is 6.92 Å². The van der Waals surface area contributed by atoms with Crippen molar-refractivity contribution in [3.63, 3.8) is 0 Å². The highest BCUT2D eigenvalue weighted by molar-refractivity contribution is 6.04. The zero-order valence-electron chi connectivity index (χ0n) is 19.2. The maximum Gasteiger partial charge on any atom is 0.259 e. The van der Waals surface area contributed by atoms with Crippen molar-refractivity contribution in [2.45, 2.75) is 13.0 Å². The van der Waals surface area contributed by atoms with Gasteiger partial charge in [-0.25, -0.2) is 4.39 Å². The van der Waals surface area contributed by atoms with Crippen LogP contribution < -0.4 is 15.4 Å². The lowest BCUT2D eigenvalue weighted by Gasteiger charge is -2.16. The molecular weight excluding hydrogens is 437 g/mol. The summed E-state index contributed by atoms with van der Waals surface area (Å²) in [7, 11) is 3.28. The minimum Gasteiger partial charge on any atom is -0.484 e. The lowest BCUT2D eigenvalue weighted by atomic mass is 10.1. The zero-order chi connectivity index (χ0) is 24.7. The fourth-order valence-corrected chi connectivity index (χ4v) is 3.02. The van der Waals surface area contributed by atoms with Crippen LogP contribution in [0.2, 0.25) is 0 Å². The molecule has 0 aromatic heterocycles. The first-order chi connectivity index (χ1) is 16.2. The number of halogens is 1. The number of hydrogen-bond acceptors (Lipinski definition) is 4. The van der Waals surface area contributed by atoms with Gasteiger partial charge in [0.1, 0.15) is 11.6 Å². The Morgan fingerprint density at radius 3 is 2.24 bits per heavy atom. The normalized spacial score (nSPS) is 11.3. The molecule has 0 spiro atoms. The van der Waals surface area contributed by atoms with Crippen LogP contribution in [0.3, 0.4) is 0 Å². The maximum atomic E-state index is 13.0. The molecule has 0 saturated carbocycles. The van der Waals surface area contributed by atoms with Gasteiger partial charge in [-0.05, 0) is 67.1 Å². The highest BCUT2D eigenvalue weighted by Gasteiger charge is 2.14.